The van der Waals surface area contributed by atoms with Gasteiger partial charge >= 0.3 is 12.2 Å². The summed E-state index contributed by atoms with van der Waals surface area (Å²) < 4.78 is 0. The van der Waals surface area contributed by atoms with Crippen LogP contribution in [-0.4, -0.2) is 32.4 Å². The van der Waals surface area contributed by atoms with Gasteiger partial charge < -0.3 is 15.3 Å². The number of hydrogen-bond acceptors (Lipinski definition) is 3. The van der Waals surface area contributed by atoms with Crippen molar-refractivity contribution in [3.8, 4) is 5.75 Å². The van der Waals surface area contributed by atoms with Gasteiger partial charge in [-0.15, -0.1) is 0 Å². The maximum absolute atomic E-state index is 11.8. The number of carboxylic acid groups (broad SMARTS) is 2. The summed E-state index contributed by atoms with van der Waals surface area (Å²) in [6, 6.07) is 6.28. The standard InChI is InChI=1S/C17H25NO5/c1-15(2,3)17(16(4,5)6,18(13(20)21)14(22)23)11-9-7-8-10-12(11)19/h7-10,19H,1-6H3,(H,20,21)(H,22,23). The average Bonchev–Trinajstić information content (AvgIpc) is 2.32. The van der Waals surface area contributed by atoms with Crippen molar-refractivity contribution in [2.45, 2.75) is 47.1 Å². The molecule has 23 heavy (non-hydrogen) atoms. The lowest BCUT2D eigenvalue weighted by atomic mass is 9.56. The Labute approximate surface area is 136 Å². The van der Waals surface area contributed by atoms with Crippen LogP contribution in [0.2, 0.25) is 0 Å². The number of phenolic OH excluding ortho intramolecular Hbond substituents is 1. The van der Waals surface area contributed by atoms with Crippen LogP contribution in [0.4, 0.5) is 9.59 Å². The Morgan fingerprint density at radius 3 is 1.57 bits per heavy atom. The molecule has 128 valence electrons. The molecule has 0 aliphatic heterocycles. The van der Waals surface area contributed by atoms with Crippen LogP contribution < -0.4 is 0 Å². The number of para-hydroxylation sites is 1. The highest BCUT2D eigenvalue weighted by atomic mass is 16.4. The predicted molar refractivity (Wildman–Crippen MR) is 86.6 cm³/mol. The van der Waals surface area contributed by atoms with Crippen molar-refractivity contribution in [2.75, 3.05) is 0 Å². The third kappa shape index (κ3) is 2.85. The molecule has 0 unspecified atom stereocenters. The molecule has 6 nitrogen and oxygen atoms in total. The van der Waals surface area contributed by atoms with Gasteiger partial charge in [-0.3, -0.25) is 0 Å². The van der Waals surface area contributed by atoms with Gasteiger partial charge in [0.15, 0.2) is 0 Å². The lowest BCUT2D eigenvalue weighted by molar-refractivity contribution is -0.0676. The molecule has 0 bridgehead atoms. The van der Waals surface area contributed by atoms with Gasteiger partial charge in [-0.05, 0) is 16.9 Å². The number of hydrogen-bond donors (Lipinski definition) is 3. The van der Waals surface area contributed by atoms with Crippen molar-refractivity contribution in [1.82, 2.24) is 4.90 Å². The smallest absolute Gasteiger partial charge is 0.417 e. The molecule has 2 amide bonds. The molecule has 0 radical (unpaired) electrons. The van der Waals surface area contributed by atoms with Crippen molar-refractivity contribution in [1.29, 1.82) is 0 Å². The first-order valence-electron chi connectivity index (χ1n) is 7.33. The molecule has 0 aromatic heterocycles. The van der Waals surface area contributed by atoms with Crippen LogP contribution in [0.3, 0.4) is 0 Å². The van der Waals surface area contributed by atoms with Crippen LogP contribution in [0, 0.1) is 10.8 Å². The molecule has 0 saturated carbocycles. The fourth-order valence-electron chi connectivity index (χ4n) is 3.87. The van der Waals surface area contributed by atoms with Gasteiger partial charge in [-0.1, -0.05) is 59.7 Å². The van der Waals surface area contributed by atoms with E-state index in [9.17, 15) is 24.9 Å². The Balaban J connectivity index is 4.04. The van der Waals surface area contributed by atoms with E-state index in [1.807, 2.05) is 0 Å². The minimum absolute atomic E-state index is 0.134. The van der Waals surface area contributed by atoms with Crippen molar-refractivity contribution >= 4 is 12.2 Å². The quantitative estimate of drug-likeness (QED) is 0.752. The molecule has 0 spiro atoms. The first kappa shape index (κ1) is 18.8. The molecule has 0 aliphatic rings. The number of benzene rings is 1. The van der Waals surface area contributed by atoms with Crippen molar-refractivity contribution < 1.29 is 24.9 Å². The molecular formula is C17H25NO5. The highest BCUT2D eigenvalue weighted by molar-refractivity contribution is 5.87. The maximum Gasteiger partial charge on any atom is 0.417 e. The Morgan fingerprint density at radius 2 is 1.26 bits per heavy atom. The first-order chi connectivity index (χ1) is 10.3. The second-order valence-electron chi connectivity index (χ2n) is 7.63. The maximum atomic E-state index is 11.8. The Hall–Kier alpha value is -2.24. The largest absolute Gasteiger partial charge is 0.508 e. The second-order valence-corrected chi connectivity index (χ2v) is 7.63. The van der Waals surface area contributed by atoms with Crippen molar-refractivity contribution in [3.63, 3.8) is 0 Å². The highest BCUT2D eigenvalue weighted by Gasteiger charge is 2.61. The zero-order valence-electron chi connectivity index (χ0n) is 14.4. The third-order valence-corrected chi connectivity index (χ3v) is 4.18. The normalized spacial score (nSPS) is 12.8. The van der Waals surface area contributed by atoms with Gasteiger partial charge in [0.05, 0.1) is 5.54 Å². The van der Waals surface area contributed by atoms with Crippen LogP contribution in [0.25, 0.3) is 0 Å². The van der Waals surface area contributed by atoms with Gasteiger partial charge in [-0.25, -0.2) is 14.5 Å². The molecule has 0 fully saturated rings. The number of nitrogens with zero attached hydrogens (tertiary/aromatic N) is 1. The monoisotopic (exact) mass is 323 g/mol. The Kier molecular flexibility index (Phi) is 4.71. The van der Waals surface area contributed by atoms with E-state index in [0.29, 0.717) is 4.90 Å². The zero-order valence-corrected chi connectivity index (χ0v) is 14.4. The lowest BCUT2D eigenvalue weighted by Gasteiger charge is -2.56. The van der Waals surface area contributed by atoms with E-state index in [4.69, 9.17) is 0 Å². The van der Waals surface area contributed by atoms with Gasteiger partial charge in [0.1, 0.15) is 5.75 Å². The van der Waals surface area contributed by atoms with E-state index < -0.39 is 28.6 Å². The molecular weight excluding hydrogens is 298 g/mol. The molecule has 1 aromatic rings. The van der Waals surface area contributed by atoms with Crippen LogP contribution >= 0.6 is 0 Å². The summed E-state index contributed by atoms with van der Waals surface area (Å²) in [5, 5.41) is 29.6. The van der Waals surface area contributed by atoms with E-state index in [0.717, 1.165) is 0 Å². The fourth-order valence-corrected chi connectivity index (χ4v) is 3.87. The topological polar surface area (TPSA) is 98.1 Å². The average molecular weight is 323 g/mol. The van der Waals surface area contributed by atoms with Gasteiger partial charge in [0.2, 0.25) is 0 Å². The predicted octanol–water partition coefficient (Wildman–Crippen LogP) is 4.34. The molecule has 0 saturated heterocycles. The summed E-state index contributed by atoms with van der Waals surface area (Å²) in [6.45, 7) is 10.6. The second kappa shape index (κ2) is 5.76. The third-order valence-electron chi connectivity index (χ3n) is 4.18. The number of aromatic hydroxyl groups is 1. The van der Waals surface area contributed by atoms with E-state index in [-0.39, 0.29) is 11.3 Å². The number of carbonyl (C=O) groups is 2. The van der Waals surface area contributed by atoms with Gasteiger partial charge in [-0.2, -0.15) is 0 Å². The lowest BCUT2D eigenvalue weighted by Crippen LogP contribution is -2.64. The first-order valence-corrected chi connectivity index (χ1v) is 7.33. The molecule has 1 rings (SSSR count). The Bertz CT molecular complexity index is 582. The van der Waals surface area contributed by atoms with E-state index in [1.54, 1.807) is 59.7 Å². The number of amides is 2. The summed E-state index contributed by atoms with van der Waals surface area (Å²) in [5.74, 6) is -0.134. The molecule has 0 aliphatic carbocycles. The molecule has 0 heterocycles. The van der Waals surface area contributed by atoms with Crippen LogP contribution in [-0.2, 0) is 5.54 Å². The SMILES string of the molecule is CC(C)(C)C(c1ccccc1O)(N(C(=O)O)C(=O)O)C(C)(C)C. The zero-order chi connectivity index (χ0) is 18.2. The van der Waals surface area contributed by atoms with Crippen LogP contribution in [0.1, 0.15) is 47.1 Å². The Morgan fingerprint density at radius 1 is 0.870 bits per heavy atom. The van der Waals surface area contributed by atoms with Crippen LogP contribution in [0.5, 0.6) is 5.75 Å². The minimum Gasteiger partial charge on any atom is -0.508 e. The molecule has 1 aromatic carbocycles. The van der Waals surface area contributed by atoms with E-state index in [1.165, 1.54) is 6.07 Å². The van der Waals surface area contributed by atoms with Crippen molar-refractivity contribution in [3.05, 3.63) is 29.8 Å². The molecule has 3 N–H and O–H groups in total. The number of phenols is 1. The summed E-state index contributed by atoms with van der Waals surface area (Å²) in [6.07, 6.45) is -3.16. The van der Waals surface area contributed by atoms with Gasteiger partial charge in [0, 0.05) is 5.56 Å². The fraction of sp³-hybridized carbons (Fsp3) is 0.529. The van der Waals surface area contributed by atoms with E-state index >= 15 is 0 Å². The molecule has 0 atom stereocenters. The number of imide groups is 1. The summed E-state index contributed by atoms with van der Waals surface area (Å²) in [5.41, 5.74) is -2.87. The van der Waals surface area contributed by atoms with Gasteiger partial charge in [0.25, 0.3) is 0 Å². The minimum atomic E-state index is -1.58. The summed E-state index contributed by atoms with van der Waals surface area (Å²) in [4.78, 5) is 24.1. The molecule has 6 heteroatoms. The van der Waals surface area contributed by atoms with E-state index in [2.05, 4.69) is 0 Å². The summed E-state index contributed by atoms with van der Waals surface area (Å²) in [7, 11) is 0. The number of rotatable bonds is 2. The van der Waals surface area contributed by atoms with Crippen LogP contribution in [0.15, 0.2) is 24.3 Å². The van der Waals surface area contributed by atoms with Crippen molar-refractivity contribution in [2.24, 2.45) is 10.8 Å². The summed E-state index contributed by atoms with van der Waals surface area (Å²) >= 11 is 0. The highest BCUT2D eigenvalue weighted by Crippen LogP contribution is 2.57.